The van der Waals surface area contributed by atoms with E-state index in [9.17, 15) is 4.79 Å². The first-order chi connectivity index (χ1) is 31.3. The van der Waals surface area contributed by atoms with Crippen LogP contribution in [-0.2, 0) is 27.1 Å². The Bertz CT molecular complexity index is 3120. The van der Waals surface area contributed by atoms with Crippen LogP contribution in [-0.4, -0.2) is 68.1 Å². The van der Waals surface area contributed by atoms with Crippen molar-refractivity contribution in [3.8, 4) is 137 Å². The van der Waals surface area contributed by atoms with Gasteiger partial charge in [-0.05, 0) is 162 Å². The smallest absolute Gasteiger partial charge is 0.352 e. The van der Waals surface area contributed by atoms with Crippen LogP contribution in [0.3, 0.4) is 0 Å². The zero-order valence-electron chi connectivity index (χ0n) is 34.7. The van der Waals surface area contributed by atoms with Gasteiger partial charge in [-0.15, -0.1) is 17.8 Å². The van der Waals surface area contributed by atoms with Crippen molar-refractivity contribution in [3.05, 3.63) is 57.1 Å². The molecule has 4 aromatic rings. The summed E-state index contributed by atoms with van der Waals surface area (Å²) in [5.74, 6) is 52.7. The highest BCUT2D eigenvalue weighted by Gasteiger charge is 2.22. The molecule has 0 bridgehead atoms. The van der Waals surface area contributed by atoms with E-state index in [1.54, 1.807) is 29.9 Å². The fraction of sp³-hybridized carbons (Fsp3) is 0.239. The molecule has 0 spiro atoms. The number of aryl methyl sites for hydroxylation is 1. The highest BCUT2D eigenvalue weighted by molar-refractivity contribution is 7.75. The molecule has 16 nitrogen and oxygen atoms in total. The second-order valence-corrected chi connectivity index (χ2v) is 13.1. The normalized spacial score (nSPS) is 11.1. The SMILES string of the molecule is C#CC#CC#CC#CC#CC#CC#CC#CC#CC#CC#CC.COc1ccc(Cn2c(=O)n3ncnc3c3c(C)c(CN(C)CC4CCCO4)sc32)cc1.N=N/N=N/N(OO)OS.[HH].[HH].[HH].[HH].[HH].[HH].[HH].[HH].[HH].[HH].[HH]. The number of hydrogen-bond donors (Lipinski definition) is 3. The molecule has 0 saturated carbocycles. The van der Waals surface area contributed by atoms with E-state index in [1.807, 2.05) is 24.3 Å². The quantitative estimate of drug-likeness (QED) is 0.0347. The lowest BCUT2D eigenvalue weighted by Gasteiger charge is -2.20. The summed E-state index contributed by atoms with van der Waals surface area (Å²) in [5, 5.41) is 21.0. The Hall–Kier alpha value is -8.36. The molecule has 5 rings (SSSR count). The van der Waals surface area contributed by atoms with Crippen LogP contribution >= 0.6 is 24.2 Å². The minimum atomic E-state index is -0.179. The van der Waals surface area contributed by atoms with Crippen molar-refractivity contribution < 1.29 is 39.7 Å². The molecule has 4 heterocycles. The molecule has 1 aliphatic rings. The van der Waals surface area contributed by atoms with E-state index < -0.39 is 0 Å². The highest BCUT2D eigenvalue weighted by Crippen LogP contribution is 2.33. The van der Waals surface area contributed by atoms with Crippen molar-refractivity contribution in [2.24, 2.45) is 15.7 Å². The van der Waals surface area contributed by atoms with Crippen molar-refractivity contribution in [1.82, 2.24) is 29.4 Å². The Morgan fingerprint density at radius 3 is 2.05 bits per heavy atom. The van der Waals surface area contributed by atoms with Gasteiger partial charge in [-0.1, -0.05) is 23.0 Å². The highest BCUT2D eigenvalue weighted by atomic mass is 32.1. The van der Waals surface area contributed by atoms with Gasteiger partial charge in [0, 0.05) is 87.4 Å². The van der Waals surface area contributed by atoms with Crippen LogP contribution in [0, 0.1) is 143 Å². The minimum Gasteiger partial charge on any atom is -0.497 e. The van der Waals surface area contributed by atoms with Crippen molar-refractivity contribution >= 4 is 40.1 Å². The summed E-state index contributed by atoms with van der Waals surface area (Å²) >= 11 is 4.82. The largest absolute Gasteiger partial charge is 0.497 e. The number of terminal acetylenes is 1. The fourth-order valence-electron chi connectivity index (χ4n) is 5.13. The maximum absolute atomic E-state index is 13.3. The summed E-state index contributed by atoms with van der Waals surface area (Å²) in [6.07, 6.45) is 8.93. The molecule has 1 saturated heterocycles. The molecule has 2 N–H and O–H groups in total. The van der Waals surface area contributed by atoms with Gasteiger partial charge in [0.2, 0.25) is 0 Å². The number of hydrogen-bond acceptors (Lipinski definition) is 13. The van der Waals surface area contributed by atoms with Crippen LogP contribution in [0.5, 0.6) is 5.75 Å². The Morgan fingerprint density at radius 2 is 1.56 bits per heavy atom. The number of ether oxygens (including phenoxy) is 2. The van der Waals surface area contributed by atoms with Crippen molar-refractivity contribution in [2.45, 2.75) is 45.9 Å². The number of thiophene rings is 1. The number of methoxy groups -OCH3 is 1. The summed E-state index contributed by atoms with van der Waals surface area (Å²) in [5.41, 5.74) is 8.69. The average molecular weight is 909 g/mol. The van der Waals surface area contributed by atoms with E-state index in [2.05, 4.69) is 191 Å². The first-order valence-electron chi connectivity index (χ1n) is 18.2. The van der Waals surface area contributed by atoms with Crippen molar-refractivity contribution in [3.63, 3.8) is 0 Å². The molecule has 1 aromatic carbocycles. The summed E-state index contributed by atoms with van der Waals surface area (Å²) in [7, 11) is 3.77. The second kappa shape index (κ2) is 29.8. The molecular weight excluding hydrogens is 853 g/mol. The van der Waals surface area contributed by atoms with Gasteiger partial charge in [0.25, 0.3) is 0 Å². The molecule has 3 aromatic heterocycles. The summed E-state index contributed by atoms with van der Waals surface area (Å²) < 4.78 is 18.1. The van der Waals surface area contributed by atoms with E-state index in [0.29, 0.717) is 18.3 Å². The number of fused-ring (bicyclic) bond motifs is 3. The van der Waals surface area contributed by atoms with Crippen LogP contribution in [0.15, 0.2) is 51.1 Å². The molecule has 64 heavy (non-hydrogen) atoms. The van der Waals surface area contributed by atoms with Gasteiger partial charge >= 0.3 is 5.69 Å². The number of benzene rings is 1. The number of aromatic nitrogens is 4. The Morgan fingerprint density at radius 1 is 0.984 bits per heavy atom. The molecule has 338 valence electrons. The number of nitrogens with one attached hydrogen (secondary N) is 1. The molecular formula is C46H56N10O6S2. The maximum atomic E-state index is 13.3. The van der Waals surface area contributed by atoms with Gasteiger partial charge < -0.3 is 9.47 Å². The summed E-state index contributed by atoms with van der Waals surface area (Å²) in [6, 6.07) is 7.80. The topological polar surface area (TPSA) is 177 Å². The predicted molar refractivity (Wildman–Crippen MR) is 266 cm³/mol. The first-order valence-corrected chi connectivity index (χ1v) is 19.3. The van der Waals surface area contributed by atoms with Gasteiger partial charge in [-0.2, -0.15) is 19.4 Å². The zero-order chi connectivity index (χ0) is 46.2. The third kappa shape index (κ3) is 17.3. The number of likely N-dealkylation sites (N-methyl/N-ethyl adjacent to an activating group) is 1. The second-order valence-electron chi connectivity index (χ2n) is 11.8. The van der Waals surface area contributed by atoms with Crippen LogP contribution in [0.2, 0.25) is 0 Å². The third-order valence-corrected chi connectivity index (χ3v) is 9.17. The van der Waals surface area contributed by atoms with Gasteiger partial charge in [-0.25, -0.2) is 15.0 Å². The van der Waals surface area contributed by atoms with Gasteiger partial charge in [0.05, 0.1) is 25.1 Å². The van der Waals surface area contributed by atoms with Crippen LogP contribution in [0.25, 0.3) is 15.9 Å². The number of rotatable bonds is 11. The molecule has 18 heteroatoms. The zero-order valence-corrected chi connectivity index (χ0v) is 36.4. The van der Waals surface area contributed by atoms with Crippen LogP contribution in [0.4, 0.5) is 0 Å². The molecule has 1 aliphatic heterocycles. The standard InChI is InChI=1S/C23H27N5O3S.C23H4.H3N5O3S.11H2/c1-15-19(13-26(2)12-18-5-4-10-31-18)32-22-20(15)21-24-14-25-28(21)23(29)27(22)11-16-6-8-17(30-3)9-7-16;1-3-5-7-9-11-13-15-17-19-21-23-22-20-18-16-14-12-10-8-6-4-2;1-2-3-4-5(7-6)8-9;;;;;;;;;;;/h6-9,14,18H,4-5,10-13H2,1-3H3;1H,2H3;1,6,9H;11*1H/b;;2-1?,4-3+;;;;;;;;;;;. The molecule has 1 atom stereocenters. The van der Waals surface area contributed by atoms with Crippen LogP contribution in [0.1, 0.15) is 51.5 Å². The minimum absolute atomic E-state index is 0. The average Bonchev–Trinajstić information content (AvgIpc) is 4.08. The Balaban J connectivity index is -0.000000130. The maximum Gasteiger partial charge on any atom is 0.352 e. The lowest BCUT2D eigenvalue weighted by molar-refractivity contribution is -0.478. The van der Waals surface area contributed by atoms with Gasteiger partial charge in [0.1, 0.15) is 16.9 Å². The first kappa shape index (κ1) is 50.0. The summed E-state index contributed by atoms with van der Waals surface area (Å²) in [6.45, 7) is 6.85. The lowest BCUT2D eigenvalue weighted by Crippen LogP contribution is -2.28. The third-order valence-electron chi connectivity index (χ3n) is 7.73. The molecule has 0 radical (unpaired) electrons. The fourth-order valence-corrected chi connectivity index (χ4v) is 6.57. The van der Waals surface area contributed by atoms with E-state index >= 15 is 0 Å². The molecule has 0 amide bonds. The van der Waals surface area contributed by atoms with E-state index in [4.69, 9.17) is 26.7 Å². The Labute approximate surface area is 396 Å². The molecule has 1 fully saturated rings. The van der Waals surface area contributed by atoms with E-state index in [-0.39, 0.29) is 26.7 Å². The lowest BCUT2D eigenvalue weighted by atomic mass is 10.2. The van der Waals surface area contributed by atoms with Gasteiger partial charge in [-0.3, -0.25) is 9.47 Å². The van der Waals surface area contributed by atoms with Crippen molar-refractivity contribution in [2.75, 3.05) is 27.3 Å². The van der Waals surface area contributed by atoms with Crippen LogP contribution < -0.4 is 10.4 Å². The number of thiol groups is 1. The summed E-state index contributed by atoms with van der Waals surface area (Å²) in [4.78, 5) is 25.5. The van der Waals surface area contributed by atoms with E-state index in [0.717, 1.165) is 59.6 Å². The molecule has 0 aliphatic carbocycles. The predicted octanol–water partition coefficient (Wildman–Crippen LogP) is 7.24. The monoisotopic (exact) mass is 908 g/mol. The van der Waals surface area contributed by atoms with Crippen molar-refractivity contribution in [1.29, 1.82) is 5.53 Å². The molecule has 1 unspecified atom stereocenters. The van der Waals surface area contributed by atoms with E-state index in [1.165, 1.54) is 15.7 Å². The van der Waals surface area contributed by atoms with Gasteiger partial charge in [0.15, 0.2) is 5.65 Å². The Kier molecular flexibility index (Phi) is 23.3. The number of nitrogens with zero attached hydrogens (tertiary/aromatic N) is 9.